The summed E-state index contributed by atoms with van der Waals surface area (Å²) >= 11 is 0. The quantitative estimate of drug-likeness (QED) is 0.822. The van der Waals surface area contributed by atoms with Crippen molar-refractivity contribution in [2.24, 2.45) is 0 Å². The predicted molar refractivity (Wildman–Crippen MR) is 46.9 cm³/mol. The first-order chi connectivity index (χ1) is 7.00. The molecule has 0 aliphatic rings. The largest absolute Gasteiger partial charge is 0.416 e. The monoisotopic (exact) mass is 215 g/mol. The predicted octanol–water partition coefficient (Wildman–Crippen LogP) is 2.30. The highest BCUT2D eigenvalue weighted by molar-refractivity contribution is 5.35. The second-order valence-electron chi connectivity index (χ2n) is 2.95. The SMILES string of the molecule is N#CC(CO)c1ccccc1C(F)(F)F. The average molecular weight is 215 g/mol. The van der Waals surface area contributed by atoms with Crippen LogP contribution in [0.4, 0.5) is 13.2 Å². The van der Waals surface area contributed by atoms with Crippen LogP contribution in [0.1, 0.15) is 17.0 Å². The fourth-order valence-electron chi connectivity index (χ4n) is 1.27. The van der Waals surface area contributed by atoms with Crippen molar-refractivity contribution in [3.63, 3.8) is 0 Å². The number of aliphatic hydroxyl groups excluding tert-OH is 1. The van der Waals surface area contributed by atoms with Crippen LogP contribution in [0.5, 0.6) is 0 Å². The minimum atomic E-state index is -4.50. The number of alkyl halides is 3. The third-order valence-corrected chi connectivity index (χ3v) is 1.98. The summed E-state index contributed by atoms with van der Waals surface area (Å²) in [4.78, 5) is 0. The molecular formula is C10H8F3NO. The Labute approximate surface area is 84.6 Å². The van der Waals surface area contributed by atoms with Gasteiger partial charge in [-0.25, -0.2) is 0 Å². The van der Waals surface area contributed by atoms with Gasteiger partial charge in [-0.2, -0.15) is 18.4 Å². The summed E-state index contributed by atoms with van der Waals surface area (Å²) in [7, 11) is 0. The molecular weight excluding hydrogens is 207 g/mol. The summed E-state index contributed by atoms with van der Waals surface area (Å²) in [5.74, 6) is -1.14. The lowest BCUT2D eigenvalue weighted by atomic mass is 9.96. The molecule has 0 saturated heterocycles. The number of nitrogens with zero attached hydrogens (tertiary/aromatic N) is 1. The molecule has 0 radical (unpaired) electrons. The lowest BCUT2D eigenvalue weighted by Crippen LogP contribution is -2.13. The topological polar surface area (TPSA) is 44.0 Å². The summed E-state index contributed by atoms with van der Waals surface area (Å²) < 4.78 is 37.5. The first-order valence-electron chi connectivity index (χ1n) is 4.17. The molecule has 0 heterocycles. The zero-order valence-corrected chi connectivity index (χ0v) is 7.62. The fourth-order valence-corrected chi connectivity index (χ4v) is 1.27. The van der Waals surface area contributed by atoms with Crippen LogP contribution in [0.3, 0.4) is 0 Å². The molecule has 0 amide bonds. The molecule has 5 heteroatoms. The number of hydrogen-bond acceptors (Lipinski definition) is 2. The van der Waals surface area contributed by atoms with Gasteiger partial charge in [0.25, 0.3) is 0 Å². The van der Waals surface area contributed by atoms with Crippen molar-refractivity contribution in [3.05, 3.63) is 35.4 Å². The number of rotatable bonds is 2. The Bertz CT molecular complexity index is 381. The maximum atomic E-state index is 12.5. The maximum Gasteiger partial charge on any atom is 0.416 e. The first kappa shape index (κ1) is 11.5. The van der Waals surface area contributed by atoms with Crippen molar-refractivity contribution >= 4 is 0 Å². The average Bonchev–Trinajstić information content (AvgIpc) is 2.19. The molecule has 2 nitrogen and oxygen atoms in total. The number of benzene rings is 1. The second-order valence-corrected chi connectivity index (χ2v) is 2.95. The van der Waals surface area contributed by atoms with Crippen molar-refractivity contribution in [2.45, 2.75) is 12.1 Å². The Morgan fingerprint density at radius 3 is 2.40 bits per heavy atom. The van der Waals surface area contributed by atoms with E-state index in [0.717, 1.165) is 6.07 Å². The van der Waals surface area contributed by atoms with Gasteiger partial charge in [0.1, 0.15) is 0 Å². The van der Waals surface area contributed by atoms with Gasteiger partial charge in [0.05, 0.1) is 24.2 Å². The molecule has 0 aliphatic carbocycles. The Balaban J connectivity index is 3.24. The smallest absolute Gasteiger partial charge is 0.395 e. The highest BCUT2D eigenvalue weighted by Crippen LogP contribution is 2.34. The molecule has 1 N–H and O–H groups in total. The summed E-state index contributed by atoms with van der Waals surface area (Å²) in [6, 6.07) is 6.39. The molecule has 0 bridgehead atoms. The van der Waals surface area contributed by atoms with Crippen molar-refractivity contribution in [1.29, 1.82) is 5.26 Å². The van der Waals surface area contributed by atoms with Crippen LogP contribution in [-0.4, -0.2) is 11.7 Å². The molecule has 0 fully saturated rings. The highest BCUT2D eigenvalue weighted by Gasteiger charge is 2.34. The number of hydrogen-bond donors (Lipinski definition) is 1. The van der Waals surface area contributed by atoms with Gasteiger partial charge in [-0.05, 0) is 11.6 Å². The Hall–Kier alpha value is -1.54. The lowest BCUT2D eigenvalue weighted by molar-refractivity contribution is -0.138. The summed E-state index contributed by atoms with van der Waals surface area (Å²) in [5.41, 5.74) is -1.05. The van der Waals surface area contributed by atoms with Gasteiger partial charge in [0.15, 0.2) is 0 Å². The molecule has 0 aromatic heterocycles. The maximum absolute atomic E-state index is 12.5. The van der Waals surface area contributed by atoms with Crippen molar-refractivity contribution in [3.8, 4) is 6.07 Å². The van der Waals surface area contributed by atoms with E-state index in [1.54, 1.807) is 6.07 Å². The van der Waals surface area contributed by atoms with E-state index in [2.05, 4.69) is 0 Å². The summed E-state index contributed by atoms with van der Waals surface area (Å²) in [6.07, 6.45) is -4.50. The zero-order chi connectivity index (χ0) is 11.5. The van der Waals surface area contributed by atoms with Gasteiger partial charge < -0.3 is 5.11 Å². The molecule has 80 valence electrons. The minimum Gasteiger partial charge on any atom is -0.395 e. The van der Waals surface area contributed by atoms with Gasteiger partial charge in [0.2, 0.25) is 0 Å². The molecule has 1 atom stereocenters. The van der Waals surface area contributed by atoms with Crippen LogP contribution in [0.25, 0.3) is 0 Å². The van der Waals surface area contributed by atoms with E-state index in [9.17, 15) is 13.2 Å². The van der Waals surface area contributed by atoms with E-state index in [-0.39, 0.29) is 5.56 Å². The van der Waals surface area contributed by atoms with Crippen LogP contribution in [0, 0.1) is 11.3 Å². The number of aliphatic hydroxyl groups is 1. The molecule has 1 aromatic carbocycles. The van der Waals surface area contributed by atoms with Crippen LogP contribution in [-0.2, 0) is 6.18 Å². The molecule has 0 saturated carbocycles. The van der Waals surface area contributed by atoms with Crippen LogP contribution in [0.2, 0.25) is 0 Å². The molecule has 1 aromatic rings. The van der Waals surface area contributed by atoms with E-state index in [0.29, 0.717) is 0 Å². The third-order valence-electron chi connectivity index (χ3n) is 1.98. The highest BCUT2D eigenvalue weighted by atomic mass is 19.4. The Kier molecular flexibility index (Phi) is 3.32. The van der Waals surface area contributed by atoms with Crippen LogP contribution < -0.4 is 0 Å². The summed E-state index contributed by atoms with van der Waals surface area (Å²) in [6.45, 7) is -0.621. The van der Waals surface area contributed by atoms with Gasteiger partial charge >= 0.3 is 6.18 Å². The van der Waals surface area contributed by atoms with Crippen molar-refractivity contribution < 1.29 is 18.3 Å². The molecule has 15 heavy (non-hydrogen) atoms. The van der Waals surface area contributed by atoms with E-state index in [1.165, 1.54) is 18.2 Å². The lowest BCUT2D eigenvalue weighted by Gasteiger charge is -2.14. The Morgan fingerprint density at radius 1 is 1.33 bits per heavy atom. The molecule has 1 unspecified atom stereocenters. The van der Waals surface area contributed by atoms with Crippen molar-refractivity contribution in [2.75, 3.05) is 6.61 Å². The third kappa shape index (κ3) is 2.48. The zero-order valence-electron chi connectivity index (χ0n) is 7.62. The van der Waals surface area contributed by atoms with Crippen molar-refractivity contribution in [1.82, 2.24) is 0 Å². The van der Waals surface area contributed by atoms with E-state index < -0.39 is 24.3 Å². The fraction of sp³-hybridized carbons (Fsp3) is 0.300. The first-order valence-corrected chi connectivity index (χ1v) is 4.17. The van der Waals surface area contributed by atoms with Gasteiger partial charge in [-0.3, -0.25) is 0 Å². The molecule has 0 spiro atoms. The van der Waals surface area contributed by atoms with Gasteiger partial charge in [-0.1, -0.05) is 18.2 Å². The number of halogens is 3. The second kappa shape index (κ2) is 4.32. The van der Waals surface area contributed by atoms with Crippen LogP contribution in [0.15, 0.2) is 24.3 Å². The van der Waals surface area contributed by atoms with Gasteiger partial charge in [-0.15, -0.1) is 0 Å². The minimum absolute atomic E-state index is 0.185. The normalized spacial score (nSPS) is 13.3. The molecule has 1 rings (SSSR count). The van der Waals surface area contributed by atoms with E-state index in [1.807, 2.05) is 0 Å². The standard InChI is InChI=1S/C10H8F3NO/c11-10(12,13)9-4-2-1-3-8(9)7(5-14)6-15/h1-4,7,15H,6H2. The molecule has 0 aliphatic heterocycles. The van der Waals surface area contributed by atoms with E-state index in [4.69, 9.17) is 10.4 Å². The van der Waals surface area contributed by atoms with E-state index >= 15 is 0 Å². The van der Waals surface area contributed by atoms with Crippen LogP contribution >= 0.6 is 0 Å². The Morgan fingerprint density at radius 2 is 1.93 bits per heavy atom. The number of nitriles is 1. The van der Waals surface area contributed by atoms with Gasteiger partial charge in [0, 0.05) is 0 Å². The summed E-state index contributed by atoms with van der Waals surface area (Å²) in [5, 5.41) is 17.4.